The molecule has 0 aromatic carbocycles. The summed E-state index contributed by atoms with van der Waals surface area (Å²) in [4.78, 5) is 16.2. The minimum absolute atomic E-state index is 0.292. The van der Waals surface area contributed by atoms with Crippen LogP contribution in [0.15, 0.2) is 16.7 Å². The van der Waals surface area contributed by atoms with Gasteiger partial charge in [0.2, 0.25) is 5.89 Å². The van der Waals surface area contributed by atoms with Gasteiger partial charge in [0.25, 0.3) is 5.82 Å². The monoisotopic (exact) mass is 195 g/mol. The zero-order valence-electron chi connectivity index (χ0n) is 7.43. The van der Waals surface area contributed by atoms with Gasteiger partial charge in [-0.15, -0.1) is 0 Å². The Morgan fingerprint density at radius 2 is 2.36 bits per heavy atom. The van der Waals surface area contributed by atoms with Gasteiger partial charge in [-0.1, -0.05) is 6.58 Å². The first-order valence-corrected chi connectivity index (χ1v) is 4.10. The van der Waals surface area contributed by atoms with Gasteiger partial charge in [-0.05, 0) is 10.7 Å². The van der Waals surface area contributed by atoms with Crippen LogP contribution in [-0.4, -0.2) is 39.2 Å². The molecule has 0 amide bonds. The van der Waals surface area contributed by atoms with E-state index in [0.29, 0.717) is 12.4 Å². The Kier molecular flexibility index (Phi) is 2.05. The van der Waals surface area contributed by atoms with E-state index >= 15 is 0 Å². The topological polar surface area (TPSA) is 79.5 Å². The molecule has 2 rings (SSSR count). The molecule has 6 nitrogen and oxygen atoms in total. The maximum absolute atomic E-state index is 10.4. The molecule has 2 heterocycles. The molecule has 0 unspecified atom stereocenters. The molecule has 0 atom stereocenters. The molecule has 0 radical (unpaired) electrons. The van der Waals surface area contributed by atoms with E-state index in [-0.39, 0.29) is 5.82 Å². The molecule has 1 saturated heterocycles. The smallest absolute Gasteiger partial charge is 0.377 e. The van der Waals surface area contributed by atoms with E-state index < -0.39 is 5.97 Å². The van der Waals surface area contributed by atoms with Crippen molar-refractivity contribution in [2.75, 3.05) is 13.1 Å². The van der Waals surface area contributed by atoms with Crippen LogP contribution in [-0.2, 0) is 6.54 Å². The minimum Gasteiger partial charge on any atom is -0.475 e. The van der Waals surface area contributed by atoms with Crippen LogP contribution in [0.5, 0.6) is 0 Å². The highest BCUT2D eigenvalue weighted by Crippen LogP contribution is 2.14. The summed E-state index contributed by atoms with van der Waals surface area (Å²) in [7, 11) is 0. The Labute approximate surface area is 79.8 Å². The summed E-state index contributed by atoms with van der Waals surface area (Å²) in [6.45, 7) is 5.89. The lowest BCUT2D eigenvalue weighted by Crippen LogP contribution is -2.38. The van der Waals surface area contributed by atoms with Gasteiger partial charge in [-0.3, -0.25) is 4.90 Å². The normalized spacial score (nSPS) is 16.7. The van der Waals surface area contributed by atoms with Crippen molar-refractivity contribution in [2.24, 2.45) is 0 Å². The molecule has 1 aromatic heterocycles. The lowest BCUT2D eigenvalue weighted by Gasteiger charge is -2.31. The fourth-order valence-corrected chi connectivity index (χ4v) is 1.30. The van der Waals surface area contributed by atoms with Crippen molar-refractivity contribution in [1.29, 1.82) is 0 Å². The number of hydrogen-bond donors (Lipinski definition) is 1. The van der Waals surface area contributed by atoms with Crippen LogP contribution in [0.3, 0.4) is 0 Å². The van der Waals surface area contributed by atoms with Gasteiger partial charge in [-0.25, -0.2) is 4.79 Å². The maximum Gasteiger partial charge on any atom is 0.377 e. The number of carboxylic acids is 1. The van der Waals surface area contributed by atoms with Crippen LogP contribution < -0.4 is 0 Å². The number of carbonyl (C=O) groups is 1. The molecule has 1 aliphatic heterocycles. The molecule has 14 heavy (non-hydrogen) atoms. The van der Waals surface area contributed by atoms with Crippen molar-refractivity contribution in [3.05, 3.63) is 23.9 Å². The lowest BCUT2D eigenvalue weighted by atomic mass is 10.1. The Morgan fingerprint density at radius 3 is 2.86 bits per heavy atom. The van der Waals surface area contributed by atoms with Crippen molar-refractivity contribution in [3.63, 3.8) is 0 Å². The fraction of sp³-hybridized carbons (Fsp3) is 0.375. The third kappa shape index (κ3) is 1.64. The van der Waals surface area contributed by atoms with Crippen molar-refractivity contribution < 1.29 is 14.4 Å². The highest BCUT2D eigenvalue weighted by Gasteiger charge is 2.21. The summed E-state index contributed by atoms with van der Waals surface area (Å²) in [6.07, 6.45) is 0. The standard InChI is InChI=1S/C8H9N3O3/c1-5-2-11(3-5)4-6-9-7(8(12)13)10-14-6/h1-4H2,(H,12,13). The van der Waals surface area contributed by atoms with Gasteiger partial charge < -0.3 is 9.63 Å². The number of aromatic carboxylic acids is 1. The van der Waals surface area contributed by atoms with Crippen molar-refractivity contribution in [2.45, 2.75) is 6.54 Å². The Bertz CT molecular complexity index is 377. The minimum atomic E-state index is -1.17. The van der Waals surface area contributed by atoms with E-state index in [0.717, 1.165) is 18.7 Å². The summed E-state index contributed by atoms with van der Waals surface area (Å²) in [5.41, 5.74) is 1.16. The SMILES string of the molecule is C=C1CN(Cc2nc(C(=O)O)no2)C1. The number of nitrogens with zero attached hydrogens (tertiary/aromatic N) is 3. The van der Waals surface area contributed by atoms with Gasteiger partial charge in [0.1, 0.15) is 0 Å². The number of likely N-dealkylation sites (tertiary alicyclic amines) is 1. The largest absolute Gasteiger partial charge is 0.475 e. The van der Waals surface area contributed by atoms with Crippen molar-refractivity contribution >= 4 is 5.97 Å². The summed E-state index contributed by atoms with van der Waals surface area (Å²) < 4.78 is 4.75. The molecule has 0 spiro atoms. The van der Waals surface area contributed by atoms with E-state index in [1.54, 1.807) is 0 Å². The predicted octanol–water partition coefficient (Wildman–Crippen LogP) is 0.140. The van der Waals surface area contributed by atoms with E-state index in [1.807, 2.05) is 4.90 Å². The third-order valence-electron chi connectivity index (χ3n) is 1.91. The van der Waals surface area contributed by atoms with Crippen molar-refractivity contribution in [3.8, 4) is 0 Å². The van der Waals surface area contributed by atoms with Crippen LogP contribution in [0, 0.1) is 0 Å². The van der Waals surface area contributed by atoms with Crippen molar-refractivity contribution in [1.82, 2.24) is 15.0 Å². The second-order valence-corrected chi connectivity index (χ2v) is 3.21. The van der Waals surface area contributed by atoms with E-state index in [9.17, 15) is 4.79 Å². The van der Waals surface area contributed by atoms with Gasteiger partial charge >= 0.3 is 5.97 Å². The highest BCUT2D eigenvalue weighted by atomic mass is 16.5. The summed E-state index contributed by atoms with van der Waals surface area (Å²) in [5.74, 6) is -1.14. The molecule has 1 aromatic rings. The predicted molar refractivity (Wildman–Crippen MR) is 45.7 cm³/mol. The number of carboxylic acid groups (broad SMARTS) is 1. The highest BCUT2D eigenvalue weighted by molar-refractivity contribution is 5.82. The van der Waals surface area contributed by atoms with Crippen LogP contribution in [0.4, 0.5) is 0 Å². The van der Waals surface area contributed by atoms with Gasteiger partial charge in [0, 0.05) is 13.1 Å². The third-order valence-corrected chi connectivity index (χ3v) is 1.91. The molecular weight excluding hydrogens is 186 g/mol. The van der Waals surface area contributed by atoms with E-state index in [4.69, 9.17) is 9.63 Å². The molecule has 1 aliphatic rings. The van der Waals surface area contributed by atoms with E-state index in [2.05, 4.69) is 16.7 Å². The Hall–Kier alpha value is -1.69. The van der Waals surface area contributed by atoms with Crippen LogP contribution >= 0.6 is 0 Å². The summed E-state index contributed by atoms with van der Waals surface area (Å²) >= 11 is 0. The zero-order chi connectivity index (χ0) is 10.1. The first-order valence-electron chi connectivity index (χ1n) is 4.10. The second-order valence-electron chi connectivity index (χ2n) is 3.21. The average molecular weight is 195 g/mol. The van der Waals surface area contributed by atoms with Crippen LogP contribution in [0.1, 0.15) is 16.5 Å². The van der Waals surface area contributed by atoms with Crippen LogP contribution in [0.2, 0.25) is 0 Å². The first kappa shape index (κ1) is 8.89. The molecule has 1 fully saturated rings. The fourth-order valence-electron chi connectivity index (χ4n) is 1.30. The number of rotatable bonds is 3. The Balaban J connectivity index is 1.96. The molecule has 0 bridgehead atoms. The zero-order valence-corrected chi connectivity index (χ0v) is 7.43. The summed E-state index contributed by atoms with van der Waals surface area (Å²) in [5, 5.41) is 11.8. The van der Waals surface area contributed by atoms with Gasteiger partial charge in [0.05, 0.1) is 6.54 Å². The van der Waals surface area contributed by atoms with Gasteiger partial charge in [-0.2, -0.15) is 4.98 Å². The summed E-state index contributed by atoms with van der Waals surface area (Å²) in [6, 6.07) is 0. The first-order chi connectivity index (χ1) is 6.65. The maximum atomic E-state index is 10.4. The number of aromatic nitrogens is 2. The second kappa shape index (κ2) is 3.22. The molecule has 0 aliphatic carbocycles. The average Bonchev–Trinajstić information content (AvgIpc) is 2.50. The van der Waals surface area contributed by atoms with Crippen LogP contribution in [0.25, 0.3) is 0 Å². The lowest BCUT2D eigenvalue weighted by molar-refractivity contribution is 0.0680. The van der Waals surface area contributed by atoms with E-state index in [1.165, 1.54) is 0 Å². The molecule has 74 valence electrons. The Morgan fingerprint density at radius 1 is 1.64 bits per heavy atom. The quantitative estimate of drug-likeness (QED) is 0.691. The molecule has 1 N–H and O–H groups in total. The van der Waals surface area contributed by atoms with Gasteiger partial charge in [0.15, 0.2) is 0 Å². The number of hydrogen-bond acceptors (Lipinski definition) is 5. The molecule has 0 saturated carbocycles. The molecule has 6 heteroatoms. The molecular formula is C8H9N3O3.